The standard InChI is InChI=1S/C13H22FN3O2S/c1-9-7-11(14)12(15)8-13(9)20(18,19)16-10(2)5-6-17(3)4/h7-8,10,16H,5-6,15H2,1-4H3. The zero-order valence-corrected chi connectivity index (χ0v) is 13.1. The molecule has 1 aromatic carbocycles. The number of nitrogens with one attached hydrogen (secondary N) is 1. The Balaban J connectivity index is 2.92. The summed E-state index contributed by atoms with van der Waals surface area (Å²) < 4.78 is 40.4. The zero-order valence-electron chi connectivity index (χ0n) is 12.3. The van der Waals surface area contributed by atoms with Crippen molar-refractivity contribution in [1.29, 1.82) is 0 Å². The normalized spacial score (nSPS) is 13.7. The first-order valence-electron chi connectivity index (χ1n) is 6.36. The highest BCUT2D eigenvalue weighted by atomic mass is 32.2. The van der Waals surface area contributed by atoms with E-state index in [9.17, 15) is 12.8 Å². The van der Waals surface area contributed by atoms with E-state index in [1.807, 2.05) is 19.0 Å². The molecule has 20 heavy (non-hydrogen) atoms. The smallest absolute Gasteiger partial charge is 0.241 e. The first kappa shape index (κ1) is 16.9. The Morgan fingerprint density at radius 3 is 2.55 bits per heavy atom. The van der Waals surface area contributed by atoms with E-state index in [2.05, 4.69) is 4.72 Å². The lowest BCUT2D eigenvalue weighted by Crippen LogP contribution is -2.35. The number of benzene rings is 1. The molecule has 0 amide bonds. The lowest BCUT2D eigenvalue weighted by Gasteiger charge is -2.18. The minimum absolute atomic E-state index is 0.0214. The molecule has 0 fully saturated rings. The van der Waals surface area contributed by atoms with Crippen molar-refractivity contribution < 1.29 is 12.8 Å². The van der Waals surface area contributed by atoms with Gasteiger partial charge in [0.25, 0.3) is 0 Å². The van der Waals surface area contributed by atoms with Crippen molar-refractivity contribution in [3.8, 4) is 0 Å². The molecule has 0 aliphatic rings. The van der Waals surface area contributed by atoms with Gasteiger partial charge in [0.15, 0.2) is 0 Å². The van der Waals surface area contributed by atoms with Crippen LogP contribution in [0.1, 0.15) is 18.9 Å². The van der Waals surface area contributed by atoms with Crippen molar-refractivity contribution >= 4 is 15.7 Å². The summed E-state index contributed by atoms with van der Waals surface area (Å²) in [5.41, 5.74) is 5.61. The third-order valence-corrected chi connectivity index (χ3v) is 4.68. The Kier molecular flexibility index (Phi) is 5.50. The maximum Gasteiger partial charge on any atom is 0.241 e. The van der Waals surface area contributed by atoms with Gasteiger partial charge in [0, 0.05) is 6.04 Å². The van der Waals surface area contributed by atoms with Crippen LogP contribution in [0.25, 0.3) is 0 Å². The molecule has 1 aromatic rings. The monoisotopic (exact) mass is 303 g/mol. The predicted octanol–water partition coefficient (Wildman–Crippen LogP) is 1.33. The topological polar surface area (TPSA) is 75.4 Å². The van der Waals surface area contributed by atoms with Crippen LogP contribution in [0.5, 0.6) is 0 Å². The van der Waals surface area contributed by atoms with E-state index < -0.39 is 15.8 Å². The second-order valence-electron chi connectivity index (χ2n) is 5.25. The molecule has 0 saturated carbocycles. The lowest BCUT2D eigenvalue weighted by atomic mass is 10.2. The van der Waals surface area contributed by atoms with Gasteiger partial charge in [0.1, 0.15) is 5.82 Å². The SMILES string of the molecule is Cc1cc(F)c(N)cc1S(=O)(=O)NC(C)CCN(C)C. The van der Waals surface area contributed by atoms with E-state index >= 15 is 0 Å². The number of nitrogens with two attached hydrogens (primary N) is 1. The molecule has 0 radical (unpaired) electrons. The molecule has 7 heteroatoms. The van der Waals surface area contributed by atoms with Crippen LogP contribution in [0.15, 0.2) is 17.0 Å². The molecule has 0 aromatic heterocycles. The van der Waals surface area contributed by atoms with Crippen LogP contribution in [0.2, 0.25) is 0 Å². The molecule has 0 saturated heterocycles. The van der Waals surface area contributed by atoms with Gasteiger partial charge in [-0.2, -0.15) is 0 Å². The number of nitrogen functional groups attached to an aromatic ring is 1. The molecule has 114 valence electrons. The van der Waals surface area contributed by atoms with Crippen LogP contribution in [-0.4, -0.2) is 40.0 Å². The third kappa shape index (κ3) is 4.43. The van der Waals surface area contributed by atoms with Gasteiger partial charge in [-0.3, -0.25) is 0 Å². The molecule has 0 aliphatic heterocycles. The third-order valence-electron chi connectivity index (χ3n) is 2.95. The second-order valence-corrected chi connectivity index (χ2v) is 6.94. The maximum atomic E-state index is 13.3. The minimum Gasteiger partial charge on any atom is -0.396 e. The average Bonchev–Trinajstić information content (AvgIpc) is 2.30. The molecular weight excluding hydrogens is 281 g/mol. The minimum atomic E-state index is -3.69. The van der Waals surface area contributed by atoms with E-state index in [1.54, 1.807) is 13.8 Å². The fourth-order valence-electron chi connectivity index (χ4n) is 1.80. The van der Waals surface area contributed by atoms with Crippen molar-refractivity contribution in [3.63, 3.8) is 0 Å². The molecule has 0 spiro atoms. The molecule has 3 N–H and O–H groups in total. The maximum absolute atomic E-state index is 13.3. The summed E-state index contributed by atoms with van der Waals surface area (Å²) in [5, 5.41) is 0. The predicted molar refractivity (Wildman–Crippen MR) is 78.5 cm³/mol. The van der Waals surface area contributed by atoms with Crippen LogP contribution in [0, 0.1) is 12.7 Å². The Morgan fingerprint density at radius 2 is 2.00 bits per heavy atom. The van der Waals surface area contributed by atoms with E-state index in [-0.39, 0.29) is 16.6 Å². The Morgan fingerprint density at radius 1 is 1.40 bits per heavy atom. The molecule has 1 unspecified atom stereocenters. The molecule has 0 heterocycles. The highest BCUT2D eigenvalue weighted by Gasteiger charge is 2.21. The highest BCUT2D eigenvalue weighted by Crippen LogP contribution is 2.21. The summed E-state index contributed by atoms with van der Waals surface area (Å²) in [6.45, 7) is 4.11. The van der Waals surface area contributed by atoms with E-state index in [0.717, 1.165) is 18.7 Å². The van der Waals surface area contributed by atoms with Crippen molar-refractivity contribution in [1.82, 2.24) is 9.62 Å². The van der Waals surface area contributed by atoms with Crippen molar-refractivity contribution in [2.24, 2.45) is 0 Å². The number of rotatable bonds is 6. The van der Waals surface area contributed by atoms with E-state index in [4.69, 9.17) is 5.73 Å². The van der Waals surface area contributed by atoms with E-state index in [0.29, 0.717) is 12.0 Å². The van der Waals surface area contributed by atoms with Crippen LogP contribution in [-0.2, 0) is 10.0 Å². The number of anilines is 1. The Bertz CT molecular complexity index is 573. The molecule has 1 rings (SSSR count). The van der Waals surface area contributed by atoms with E-state index in [1.165, 1.54) is 0 Å². The number of aryl methyl sites for hydroxylation is 1. The summed E-state index contributed by atoms with van der Waals surface area (Å²) >= 11 is 0. The zero-order chi connectivity index (χ0) is 15.5. The van der Waals surface area contributed by atoms with Gasteiger partial charge in [-0.15, -0.1) is 0 Å². The van der Waals surface area contributed by atoms with Crippen molar-refractivity contribution in [2.75, 3.05) is 26.4 Å². The summed E-state index contributed by atoms with van der Waals surface area (Å²) in [6, 6.07) is 2.08. The lowest BCUT2D eigenvalue weighted by molar-refractivity contribution is 0.379. The van der Waals surface area contributed by atoms with Gasteiger partial charge in [-0.1, -0.05) is 0 Å². The Hall–Kier alpha value is -1.18. The van der Waals surface area contributed by atoms with Crippen LogP contribution in [0.4, 0.5) is 10.1 Å². The molecule has 0 bridgehead atoms. The highest BCUT2D eigenvalue weighted by molar-refractivity contribution is 7.89. The number of halogens is 1. The molecule has 0 aliphatic carbocycles. The van der Waals surface area contributed by atoms with Gasteiger partial charge in [0.2, 0.25) is 10.0 Å². The fraction of sp³-hybridized carbons (Fsp3) is 0.538. The van der Waals surface area contributed by atoms with Crippen molar-refractivity contribution in [2.45, 2.75) is 31.2 Å². The van der Waals surface area contributed by atoms with Crippen LogP contribution >= 0.6 is 0 Å². The summed E-state index contributed by atoms with van der Waals surface area (Å²) in [7, 11) is 0.153. The molecular formula is C13H22FN3O2S. The first-order chi connectivity index (χ1) is 9.13. The molecule has 5 nitrogen and oxygen atoms in total. The largest absolute Gasteiger partial charge is 0.396 e. The number of hydrogen-bond donors (Lipinski definition) is 2. The number of nitrogens with zero attached hydrogens (tertiary/aromatic N) is 1. The summed E-state index contributed by atoms with van der Waals surface area (Å²) in [6.07, 6.45) is 0.682. The summed E-state index contributed by atoms with van der Waals surface area (Å²) in [4.78, 5) is 2.00. The van der Waals surface area contributed by atoms with Gasteiger partial charge in [0.05, 0.1) is 10.6 Å². The van der Waals surface area contributed by atoms with Gasteiger partial charge >= 0.3 is 0 Å². The second kappa shape index (κ2) is 6.51. The van der Waals surface area contributed by atoms with Gasteiger partial charge in [-0.25, -0.2) is 17.5 Å². The van der Waals surface area contributed by atoms with Crippen molar-refractivity contribution in [3.05, 3.63) is 23.5 Å². The number of hydrogen-bond acceptors (Lipinski definition) is 4. The summed E-state index contributed by atoms with van der Waals surface area (Å²) in [5.74, 6) is -0.609. The van der Waals surface area contributed by atoms with Crippen LogP contribution < -0.4 is 10.5 Å². The van der Waals surface area contributed by atoms with Gasteiger partial charge in [-0.05, 0) is 58.6 Å². The molecule has 1 atom stereocenters. The Labute approximate surface area is 120 Å². The number of sulfonamides is 1. The first-order valence-corrected chi connectivity index (χ1v) is 7.84. The van der Waals surface area contributed by atoms with Gasteiger partial charge < -0.3 is 10.6 Å². The average molecular weight is 303 g/mol. The fourth-order valence-corrected chi connectivity index (χ4v) is 3.34. The van der Waals surface area contributed by atoms with Crippen LogP contribution in [0.3, 0.4) is 0 Å². The quantitative estimate of drug-likeness (QED) is 0.778.